The van der Waals surface area contributed by atoms with Gasteiger partial charge in [-0.3, -0.25) is 4.79 Å². The number of nitrogens with two attached hydrogens (primary N) is 1. The number of hydrogen-bond donors (Lipinski definition) is 2. The van der Waals surface area contributed by atoms with Crippen LogP contribution in [-0.4, -0.2) is 37.2 Å². The summed E-state index contributed by atoms with van der Waals surface area (Å²) < 4.78 is 4.92. The number of hydrogen-bond acceptors (Lipinski definition) is 5. The molecule has 0 bridgehead atoms. The van der Waals surface area contributed by atoms with E-state index in [0.29, 0.717) is 6.54 Å². The summed E-state index contributed by atoms with van der Waals surface area (Å²) >= 11 is 1.60. The zero-order chi connectivity index (χ0) is 12.0. The zero-order valence-electron chi connectivity index (χ0n) is 9.53. The van der Waals surface area contributed by atoms with E-state index in [9.17, 15) is 4.79 Å². The van der Waals surface area contributed by atoms with Crippen molar-refractivity contribution in [3.05, 3.63) is 16.1 Å². The van der Waals surface area contributed by atoms with Crippen LogP contribution in [0.25, 0.3) is 0 Å². The van der Waals surface area contributed by atoms with Crippen molar-refractivity contribution in [2.75, 3.05) is 20.2 Å². The summed E-state index contributed by atoms with van der Waals surface area (Å²) in [4.78, 5) is 15.8. The highest BCUT2D eigenvalue weighted by Gasteiger charge is 2.14. The Labute approximate surface area is 99.0 Å². The van der Waals surface area contributed by atoms with Crippen molar-refractivity contribution in [1.82, 2.24) is 10.3 Å². The topological polar surface area (TPSA) is 77.2 Å². The van der Waals surface area contributed by atoms with E-state index in [4.69, 9.17) is 10.5 Å². The van der Waals surface area contributed by atoms with Crippen LogP contribution in [0.15, 0.2) is 5.38 Å². The van der Waals surface area contributed by atoms with Gasteiger partial charge in [0.2, 0.25) is 5.91 Å². The van der Waals surface area contributed by atoms with E-state index < -0.39 is 6.10 Å². The highest BCUT2D eigenvalue weighted by molar-refractivity contribution is 7.09. The molecule has 90 valence electrons. The third-order valence-corrected chi connectivity index (χ3v) is 3.12. The first-order valence-corrected chi connectivity index (χ1v) is 5.97. The average molecular weight is 243 g/mol. The fourth-order valence-corrected chi connectivity index (χ4v) is 2.01. The molecule has 1 unspecified atom stereocenters. The highest BCUT2D eigenvalue weighted by Crippen LogP contribution is 2.08. The lowest BCUT2D eigenvalue weighted by molar-refractivity contribution is -0.130. The van der Waals surface area contributed by atoms with E-state index in [1.54, 1.807) is 11.3 Å². The van der Waals surface area contributed by atoms with E-state index in [0.717, 1.165) is 17.1 Å². The molecule has 1 heterocycles. The van der Waals surface area contributed by atoms with Crippen LogP contribution < -0.4 is 11.1 Å². The van der Waals surface area contributed by atoms with Crippen LogP contribution in [0.2, 0.25) is 0 Å². The normalized spacial score (nSPS) is 12.4. The summed E-state index contributed by atoms with van der Waals surface area (Å²) in [5.74, 6) is -0.168. The van der Waals surface area contributed by atoms with Gasteiger partial charge in [-0.05, 0) is 6.92 Å². The molecule has 0 spiro atoms. The summed E-state index contributed by atoms with van der Waals surface area (Å²) in [5, 5.41) is 5.79. The molecule has 3 N–H and O–H groups in total. The van der Waals surface area contributed by atoms with Crippen molar-refractivity contribution in [3.8, 4) is 0 Å². The molecule has 1 aromatic rings. The van der Waals surface area contributed by atoms with Gasteiger partial charge in [0, 0.05) is 37.7 Å². The van der Waals surface area contributed by atoms with Gasteiger partial charge >= 0.3 is 0 Å². The Balaban J connectivity index is 2.27. The van der Waals surface area contributed by atoms with E-state index in [1.807, 2.05) is 12.3 Å². The summed E-state index contributed by atoms with van der Waals surface area (Å²) in [5.41, 5.74) is 6.39. The van der Waals surface area contributed by atoms with Gasteiger partial charge < -0.3 is 15.8 Å². The standard InChI is InChI=1S/C10H17N3O2S/c1-7-6-16-9(13-7)3-4-12-10(14)8(5-11)15-2/h6,8H,3-5,11H2,1-2H3,(H,12,14). The fraction of sp³-hybridized carbons (Fsp3) is 0.600. The molecular formula is C10H17N3O2S. The first-order valence-electron chi connectivity index (χ1n) is 5.09. The predicted octanol–water partition coefficient (Wildman–Crippen LogP) is 0.0839. The maximum absolute atomic E-state index is 11.5. The molecule has 0 aromatic carbocycles. The van der Waals surface area contributed by atoms with E-state index >= 15 is 0 Å². The molecule has 1 atom stereocenters. The number of rotatable bonds is 6. The minimum Gasteiger partial charge on any atom is -0.370 e. The monoisotopic (exact) mass is 243 g/mol. The number of thiazole rings is 1. The highest BCUT2D eigenvalue weighted by atomic mass is 32.1. The second-order valence-corrected chi connectivity index (χ2v) is 4.33. The van der Waals surface area contributed by atoms with Crippen LogP contribution in [0.4, 0.5) is 0 Å². The van der Waals surface area contributed by atoms with Crippen molar-refractivity contribution in [1.29, 1.82) is 0 Å². The molecule has 16 heavy (non-hydrogen) atoms. The van der Waals surface area contributed by atoms with Gasteiger partial charge in [-0.25, -0.2) is 4.98 Å². The Kier molecular flexibility index (Phi) is 5.37. The second-order valence-electron chi connectivity index (χ2n) is 3.38. The largest absolute Gasteiger partial charge is 0.370 e. The molecule has 6 heteroatoms. The molecular weight excluding hydrogens is 226 g/mol. The summed E-state index contributed by atoms with van der Waals surface area (Å²) in [7, 11) is 1.47. The van der Waals surface area contributed by atoms with E-state index in [2.05, 4.69) is 10.3 Å². The molecule has 0 radical (unpaired) electrons. The van der Waals surface area contributed by atoms with Crippen molar-refractivity contribution >= 4 is 17.2 Å². The molecule has 0 aliphatic rings. The first kappa shape index (κ1) is 13.1. The average Bonchev–Trinajstić information content (AvgIpc) is 2.66. The fourth-order valence-electron chi connectivity index (χ4n) is 1.23. The number of aryl methyl sites for hydroxylation is 1. The minimum atomic E-state index is -0.557. The number of carbonyl (C=O) groups is 1. The summed E-state index contributed by atoms with van der Waals surface area (Å²) in [6.45, 7) is 2.71. The second kappa shape index (κ2) is 6.57. The van der Waals surface area contributed by atoms with Crippen LogP contribution >= 0.6 is 11.3 Å². The summed E-state index contributed by atoms with van der Waals surface area (Å²) in [6.07, 6.45) is 0.184. The van der Waals surface area contributed by atoms with Crippen molar-refractivity contribution < 1.29 is 9.53 Å². The van der Waals surface area contributed by atoms with Crippen LogP contribution in [0.5, 0.6) is 0 Å². The summed E-state index contributed by atoms with van der Waals surface area (Å²) in [6, 6.07) is 0. The Bertz CT molecular complexity index is 337. The lowest BCUT2D eigenvalue weighted by Crippen LogP contribution is -2.41. The lowest BCUT2D eigenvalue weighted by atomic mass is 10.3. The van der Waals surface area contributed by atoms with Crippen LogP contribution in [0.1, 0.15) is 10.7 Å². The van der Waals surface area contributed by atoms with Gasteiger partial charge in [-0.1, -0.05) is 0 Å². The van der Waals surface area contributed by atoms with Gasteiger partial charge in [-0.15, -0.1) is 11.3 Å². The molecule has 1 aromatic heterocycles. The molecule has 0 saturated heterocycles. The number of ether oxygens (including phenoxy) is 1. The zero-order valence-corrected chi connectivity index (χ0v) is 10.3. The third-order valence-electron chi connectivity index (χ3n) is 2.10. The Morgan fingerprint density at radius 2 is 2.50 bits per heavy atom. The third kappa shape index (κ3) is 3.88. The molecule has 0 aliphatic heterocycles. The molecule has 0 aliphatic carbocycles. The lowest BCUT2D eigenvalue weighted by Gasteiger charge is -2.12. The maximum Gasteiger partial charge on any atom is 0.250 e. The molecule has 1 amide bonds. The SMILES string of the molecule is COC(CN)C(=O)NCCc1nc(C)cs1. The number of methoxy groups -OCH3 is 1. The van der Waals surface area contributed by atoms with Gasteiger partial charge in [-0.2, -0.15) is 0 Å². The van der Waals surface area contributed by atoms with Crippen molar-refractivity contribution in [3.63, 3.8) is 0 Å². The number of carbonyl (C=O) groups excluding carboxylic acids is 1. The Hall–Kier alpha value is -0.980. The van der Waals surface area contributed by atoms with Gasteiger partial charge in [0.25, 0.3) is 0 Å². The molecule has 0 saturated carbocycles. The predicted molar refractivity (Wildman–Crippen MR) is 63.4 cm³/mol. The molecule has 1 rings (SSSR count). The van der Waals surface area contributed by atoms with E-state index in [-0.39, 0.29) is 12.5 Å². The van der Waals surface area contributed by atoms with Gasteiger partial charge in [0.05, 0.1) is 5.01 Å². The van der Waals surface area contributed by atoms with Gasteiger partial charge in [0.1, 0.15) is 6.10 Å². The van der Waals surface area contributed by atoms with Crippen molar-refractivity contribution in [2.24, 2.45) is 5.73 Å². The van der Waals surface area contributed by atoms with Crippen molar-refractivity contribution in [2.45, 2.75) is 19.4 Å². The van der Waals surface area contributed by atoms with Crippen LogP contribution in [0.3, 0.4) is 0 Å². The number of nitrogens with zero attached hydrogens (tertiary/aromatic N) is 1. The van der Waals surface area contributed by atoms with E-state index in [1.165, 1.54) is 7.11 Å². The maximum atomic E-state index is 11.5. The quantitative estimate of drug-likeness (QED) is 0.742. The molecule has 0 fully saturated rings. The Morgan fingerprint density at radius 3 is 3.00 bits per heavy atom. The smallest absolute Gasteiger partial charge is 0.250 e. The van der Waals surface area contributed by atoms with Crippen LogP contribution in [0, 0.1) is 6.92 Å². The van der Waals surface area contributed by atoms with Gasteiger partial charge in [0.15, 0.2) is 0 Å². The minimum absolute atomic E-state index is 0.168. The van der Waals surface area contributed by atoms with Crippen LogP contribution in [-0.2, 0) is 16.0 Å². The number of nitrogens with one attached hydrogen (secondary N) is 1. The Morgan fingerprint density at radius 1 is 1.75 bits per heavy atom. The first-order chi connectivity index (χ1) is 7.67. The molecule has 5 nitrogen and oxygen atoms in total. The number of amides is 1. The number of aromatic nitrogens is 1.